The van der Waals surface area contributed by atoms with E-state index in [4.69, 9.17) is 0 Å². The Labute approximate surface area is 198 Å². The van der Waals surface area contributed by atoms with Gasteiger partial charge in [-0.3, -0.25) is 13.9 Å². The molecule has 0 unspecified atom stereocenters. The fraction of sp³-hybridized carbons (Fsp3) is 0.346. The number of carbonyl (C=O) groups excluding carboxylic acids is 1. The van der Waals surface area contributed by atoms with Gasteiger partial charge in [-0.05, 0) is 46.4 Å². The Morgan fingerprint density at radius 2 is 1.79 bits per heavy atom. The van der Waals surface area contributed by atoms with Crippen molar-refractivity contribution in [3.05, 3.63) is 82.3 Å². The second kappa shape index (κ2) is 10.4. The maximum atomic E-state index is 13.3. The lowest BCUT2D eigenvalue weighted by atomic mass is 10.0. The molecule has 0 N–H and O–H groups in total. The minimum Gasteiger partial charge on any atom is -0.296 e. The lowest BCUT2D eigenvalue weighted by Gasteiger charge is -2.11. The van der Waals surface area contributed by atoms with Gasteiger partial charge >= 0.3 is 5.69 Å². The summed E-state index contributed by atoms with van der Waals surface area (Å²) in [6.07, 6.45) is 5.05. The van der Waals surface area contributed by atoms with Crippen LogP contribution in [-0.2, 0) is 19.5 Å². The number of nitrogens with zero attached hydrogens (tertiary/aromatic N) is 6. The van der Waals surface area contributed by atoms with Gasteiger partial charge in [-0.2, -0.15) is 4.68 Å². The number of imidazole rings is 1. The molecule has 34 heavy (non-hydrogen) atoms. The summed E-state index contributed by atoms with van der Waals surface area (Å²) in [4.78, 5) is 25.2. The molecule has 0 spiro atoms. The third-order valence-corrected chi connectivity index (χ3v) is 5.91. The van der Waals surface area contributed by atoms with Crippen LogP contribution in [0.15, 0.2) is 59.7 Å². The van der Waals surface area contributed by atoms with Gasteiger partial charge < -0.3 is 0 Å². The van der Waals surface area contributed by atoms with Crippen molar-refractivity contribution in [2.45, 2.75) is 53.1 Å². The maximum absolute atomic E-state index is 13.3. The molecule has 2 heterocycles. The molecule has 8 heteroatoms. The van der Waals surface area contributed by atoms with Crippen molar-refractivity contribution in [2.24, 2.45) is 5.92 Å². The van der Waals surface area contributed by atoms with E-state index < -0.39 is 0 Å². The molecule has 0 fully saturated rings. The summed E-state index contributed by atoms with van der Waals surface area (Å²) >= 11 is 0. The van der Waals surface area contributed by atoms with Crippen LogP contribution in [-0.4, -0.2) is 35.6 Å². The molecular weight excluding hydrogens is 428 g/mol. The number of hydrogen-bond acceptors (Lipinski definition) is 5. The number of benzene rings is 2. The van der Waals surface area contributed by atoms with Gasteiger partial charge in [0.15, 0.2) is 6.29 Å². The Bertz CT molecular complexity index is 1300. The predicted molar refractivity (Wildman–Crippen MR) is 131 cm³/mol. The molecule has 0 saturated carbocycles. The maximum Gasteiger partial charge on any atom is 0.329 e. The largest absolute Gasteiger partial charge is 0.329 e. The number of rotatable bonds is 10. The van der Waals surface area contributed by atoms with Gasteiger partial charge in [0.25, 0.3) is 0 Å². The van der Waals surface area contributed by atoms with Crippen molar-refractivity contribution >= 4 is 6.29 Å². The van der Waals surface area contributed by atoms with Gasteiger partial charge in [-0.15, -0.1) is 5.10 Å². The number of unbranched alkanes of at least 4 members (excludes halogenated alkanes) is 1. The second-order valence-corrected chi connectivity index (χ2v) is 8.89. The van der Waals surface area contributed by atoms with Gasteiger partial charge in [0.05, 0.1) is 17.9 Å². The smallest absolute Gasteiger partial charge is 0.296 e. The van der Waals surface area contributed by atoms with Gasteiger partial charge in [0.2, 0.25) is 0 Å². The molecule has 0 bridgehead atoms. The van der Waals surface area contributed by atoms with Crippen LogP contribution in [0.25, 0.3) is 16.8 Å². The van der Waals surface area contributed by atoms with Crippen LogP contribution in [0.3, 0.4) is 0 Å². The first-order chi connectivity index (χ1) is 16.5. The fourth-order valence-corrected chi connectivity index (χ4v) is 4.26. The van der Waals surface area contributed by atoms with Crippen molar-refractivity contribution in [1.29, 1.82) is 0 Å². The minimum atomic E-state index is -0.116. The van der Waals surface area contributed by atoms with E-state index in [1.54, 1.807) is 20.1 Å². The normalized spacial score (nSPS) is 11.3. The first-order valence-electron chi connectivity index (χ1n) is 11.7. The Morgan fingerprint density at radius 1 is 1.03 bits per heavy atom. The minimum absolute atomic E-state index is 0.116. The van der Waals surface area contributed by atoms with Crippen LogP contribution in [0.2, 0.25) is 0 Å². The van der Waals surface area contributed by atoms with Gasteiger partial charge in [-0.1, -0.05) is 69.7 Å². The van der Waals surface area contributed by atoms with E-state index in [0.717, 1.165) is 47.2 Å². The number of hydrogen-bond donors (Lipinski definition) is 0. The van der Waals surface area contributed by atoms with Crippen molar-refractivity contribution in [3.8, 4) is 16.8 Å². The Hall–Kier alpha value is -3.81. The van der Waals surface area contributed by atoms with Crippen LogP contribution >= 0.6 is 0 Å². The summed E-state index contributed by atoms with van der Waals surface area (Å²) in [5, 5.41) is 11.5. The Kier molecular flexibility index (Phi) is 7.15. The Balaban J connectivity index is 1.68. The van der Waals surface area contributed by atoms with E-state index in [-0.39, 0.29) is 11.6 Å². The highest BCUT2D eigenvalue weighted by atomic mass is 16.2. The molecule has 0 atom stereocenters. The molecule has 2 aromatic carbocycles. The standard InChI is InChI=1S/C26H30N6O2/c1-4-5-9-24-25(17-33)30(15-19(2)3)26(34)31(24)16-20-11-13-21(14-12-20)22-8-6-7-10-23(22)32-18-27-28-29-32/h6-8,10-14,17-19H,4-5,9,15-16H2,1-3H3. The zero-order chi connectivity index (χ0) is 24.1. The van der Waals surface area contributed by atoms with E-state index >= 15 is 0 Å². The van der Waals surface area contributed by atoms with E-state index in [0.29, 0.717) is 25.2 Å². The van der Waals surface area contributed by atoms with Crippen LogP contribution in [0.4, 0.5) is 0 Å². The Morgan fingerprint density at radius 3 is 2.44 bits per heavy atom. The van der Waals surface area contributed by atoms with Crippen LogP contribution in [0.1, 0.15) is 55.4 Å². The molecule has 2 aromatic heterocycles. The molecule has 0 radical (unpaired) electrons. The van der Waals surface area contributed by atoms with Gasteiger partial charge in [0, 0.05) is 12.1 Å². The average Bonchev–Trinajstić information content (AvgIpc) is 3.46. The van der Waals surface area contributed by atoms with Crippen molar-refractivity contribution < 1.29 is 4.79 Å². The summed E-state index contributed by atoms with van der Waals surface area (Å²) in [5.74, 6) is 0.269. The van der Waals surface area contributed by atoms with Gasteiger partial charge in [-0.25, -0.2) is 4.79 Å². The van der Waals surface area contributed by atoms with Crippen LogP contribution < -0.4 is 5.69 Å². The van der Waals surface area contributed by atoms with E-state index in [9.17, 15) is 9.59 Å². The van der Waals surface area contributed by atoms with E-state index in [1.807, 2.05) is 48.5 Å². The average molecular weight is 459 g/mol. The van der Waals surface area contributed by atoms with Gasteiger partial charge in [0.1, 0.15) is 12.0 Å². The number of tetrazole rings is 1. The summed E-state index contributed by atoms with van der Waals surface area (Å²) in [5.41, 5.74) is 5.15. The first-order valence-corrected chi connectivity index (χ1v) is 11.7. The molecule has 4 rings (SSSR count). The highest BCUT2D eigenvalue weighted by Crippen LogP contribution is 2.26. The molecule has 0 saturated heterocycles. The molecule has 0 aliphatic carbocycles. The molecule has 0 aliphatic heterocycles. The molecule has 0 aliphatic rings. The lowest BCUT2D eigenvalue weighted by Crippen LogP contribution is -2.27. The zero-order valence-corrected chi connectivity index (χ0v) is 19.9. The SMILES string of the molecule is CCCCc1c(C=O)n(CC(C)C)c(=O)n1Cc1ccc(-c2ccccc2-n2cnnn2)cc1. The highest BCUT2D eigenvalue weighted by molar-refractivity contribution is 5.74. The predicted octanol–water partition coefficient (Wildman–Crippen LogP) is 4.15. The lowest BCUT2D eigenvalue weighted by molar-refractivity contribution is 0.111. The molecule has 4 aromatic rings. The van der Waals surface area contributed by atoms with Crippen molar-refractivity contribution in [3.63, 3.8) is 0 Å². The third kappa shape index (κ3) is 4.76. The topological polar surface area (TPSA) is 87.6 Å². The van der Waals surface area contributed by atoms with E-state index in [1.165, 1.54) is 0 Å². The number of aromatic nitrogens is 6. The molecule has 176 valence electrons. The first kappa shape index (κ1) is 23.4. The summed E-state index contributed by atoms with van der Waals surface area (Å²) in [6, 6.07) is 16.1. The zero-order valence-electron chi connectivity index (χ0n) is 19.9. The monoisotopic (exact) mass is 458 g/mol. The molecular formula is C26H30N6O2. The van der Waals surface area contributed by atoms with Crippen LogP contribution in [0, 0.1) is 5.92 Å². The molecule has 0 amide bonds. The van der Waals surface area contributed by atoms with Crippen LogP contribution in [0.5, 0.6) is 0 Å². The van der Waals surface area contributed by atoms with E-state index in [2.05, 4.69) is 36.3 Å². The highest BCUT2D eigenvalue weighted by Gasteiger charge is 2.20. The second-order valence-electron chi connectivity index (χ2n) is 8.89. The summed E-state index contributed by atoms with van der Waals surface area (Å²) in [7, 11) is 0. The number of para-hydroxylation sites is 1. The summed E-state index contributed by atoms with van der Waals surface area (Å²) in [6.45, 7) is 7.18. The molecule has 8 nitrogen and oxygen atoms in total. The fourth-order valence-electron chi connectivity index (χ4n) is 4.26. The summed E-state index contributed by atoms with van der Waals surface area (Å²) < 4.78 is 5.05. The third-order valence-electron chi connectivity index (χ3n) is 5.91. The quantitative estimate of drug-likeness (QED) is 0.333. The van der Waals surface area contributed by atoms with Crippen molar-refractivity contribution in [1.82, 2.24) is 29.3 Å². The number of carbonyl (C=O) groups is 1. The number of aldehydes is 1. The van der Waals surface area contributed by atoms with Crippen molar-refractivity contribution in [2.75, 3.05) is 0 Å².